The zero-order valence-corrected chi connectivity index (χ0v) is 16.9. The molecule has 1 unspecified atom stereocenters. The third-order valence-corrected chi connectivity index (χ3v) is 4.69. The minimum absolute atomic E-state index is 0.139. The van der Waals surface area contributed by atoms with Gasteiger partial charge in [-0.15, -0.1) is 0 Å². The van der Waals surface area contributed by atoms with E-state index in [0.29, 0.717) is 11.1 Å². The number of rotatable bonds is 6. The molecule has 0 aliphatic rings. The number of likely N-dealkylation sites (N-methyl/N-ethyl adjacent to an activating group) is 1. The van der Waals surface area contributed by atoms with Gasteiger partial charge in [0.2, 0.25) is 5.91 Å². The molecule has 2 rings (SSSR count). The molecule has 1 N–H and O–H groups in total. The molecule has 0 aliphatic heterocycles. The smallest absolute Gasteiger partial charge is 0.340 e. The number of carbonyl (C=O) groups is 2. The number of aryl methyl sites for hydroxylation is 1. The fraction of sp³-hybridized carbons (Fsp3) is 0.364. The third kappa shape index (κ3) is 5.82. The van der Waals surface area contributed by atoms with Gasteiger partial charge in [-0.1, -0.05) is 44.2 Å². The first-order valence-corrected chi connectivity index (χ1v) is 9.28. The highest BCUT2D eigenvalue weighted by Gasteiger charge is 2.30. The Balaban J connectivity index is 2.10. The first-order chi connectivity index (χ1) is 13.5. The van der Waals surface area contributed by atoms with E-state index in [1.54, 1.807) is 19.2 Å². The fourth-order valence-electron chi connectivity index (χ4n) is 2.95. The van der Waals surface area contributed by atoms with Crippen LogP contribution in [-0.2, 0) is 17.5 Å². The van der Waals surface area contributed by atoms with Crippen LogP contribution in [0.15, 0.2) is 48.5 Å². The molecule has 156 valence electrons. The summed E-state index contributed by atoms with van der Waals surface area (Å²) in [5.74, 6) is -0.801. The van der Waals surface area contributed by atoms with Gasteiger partial charge in [-0.3, -0.25) is 9.59 Å². The van der Waals surface area contributed by atoms with E-state index >= 15 is 0 Å². The molecule has 0 fully saturated rings. The Bertz CT molecular complexity index is 861. The predicted octanol–water partition coefficient (Wildman–Crippen LogP) is 4.43. The van der Waals surface area contributed by atoms with Crippen LogP contribution < -0.4 is 5.32 Å². The van der Waals surface area contributed by atoms with Gasteiger partial charge in [-0.25, -0.2) is 0 Å². The summed E-state index contributed by atoms with van der Waals surface area (Å²) in [4.78, 5) is 26.9. The Morgan fingerprint density at radius 2 is 1.62 bits per heavy atom. The monoisotopic (exact) mass is 406 g/mol. The second-order valence-electron chi connectivity index (χ2n) is 7.40. The summed E-state index contributed by atoms with van der Waals surface area (Å²) in [5.41, 5.74) is 1.14. The number of halogens is 3. The molecule has 29 heavy (non-hydrogen) atoms. The van der Waals surface area contributed by atoms with Gasteiger partial charge in [0.25, 0.3) is 5.91 Å². The molecule has 0 saturated heterocycles. The number of alkyl halides is 3. The van der Waals surface area contributed by atoms with Crippen LogP contribution in [0.1, 0.15) is 40.9 Å². The normalized spacial score (nSPS) is 12.6. The molecule has 0 bridgehead atoms. The lowest BCUT2D eigenvalue weighted by Crippen LogP contribution is -2.50. The van der Waals surface area contributed by atoms with Crippen LogP contribution in [0, 0.1) is 12.8 Å². The molecule has 0 aromatic heterocycles. The van der Waals surface area contributed by atoms with Gasteiger partial charge in [0.1, 0.15) is 6.04 Å². The van der Waals surface area contributed by atoms with Crippen molar-refractivity contribution in [2.45, 2.75) is 39.5 Å². The van der Waals surface area contributed by atoms with E-state index in [2.05, 4.69) is 5.32 Å². The molecule has 1 atom stereocenters. The fourth-order valence-corrected chi connectivity index (χ4v) is 2.95. The molecule has 2 amide bonds. The molecule has 0 spiro atoms. The number of hydrogen-bond donors (Lipinski definition) is 1. The van der Waals surface area contributed by atoms with Crippen molar-refractivity contribution in [2.24, 2.45) is 5.92 Å². The highest BCUT2D eigenvalue weighted by atomic mass is 19.4. The largest absolute Gasteiger partial charge is 0.416 e. The van der Waals surface area contributed by atoms with Crippen LogP contribution >= 0.6 is 0 Å². The van der Waals surface area contributed by atoms with Gasteiger partial charge in [-0.05, 0) is 42.2 Å². The highest BCUT2D eigenvalue weighted by molar-refractivity contribution is 5.98. The molecule has 0 aliphatic carbocycles. The number of carbonyl (C=O) groups excluding carboxylic acids is 2. The van der Waals surface area contributed by atoms with E-state index in [4.69, 9.17) is 0 Å². The maximum Gasteiger partial charge on any atom is 0.416 e. The number of amides is 2. The van der Waals surface area contributed by atoms with Crippen LogP contribution in [0.3, 0.4) is 0 Å². The molecule has 0 radical (unpaired) electrons. The van der Waals surface area contributed by atoms with Gasteiger partial charge in [0.05, 0.1) is 5.56 Å². The molecule has 7 heteroatoms. The van der Waals surface area contributed by atoms with Gasteiger partial charge in [-0.2, -0.15) is 13.2 Å². The Labute approximate surface area is 168 Å². The number of nitrogens with one attached hydrogen (secondary N) is 1. The zero-order valence-electron chi connectivity index (χ0n) is 16.9. The molecule has 4 nitrogen and oxygen atoms in total. The number of nitrogens with zero attached hydrogens (tertiary/aromatic N) is 1. The van der Waals surface area contributed by atoms with Crippen LogP contribution in [-0.4, -0.2) is 29.8 Å². The van der Waals surface area contributed by atoms with Gasteiger partial charge < -0.3 is 10.2 Å². The molecule has 2 aromatic carbocycles. The Morgan fingerprint density at radius 3 is 2.14 bits per heavy atom. The molecule has 0 saturated carbocycles. The van der Waals surface area contributed by atoms with Crippen molar-refractivity contribution >= 4 is 11.8 Å². The summed E-state index contributed by atoms with van der Waals surface area (Å²) in [7, 11) is 1.56. The van der Waals surface area contributed by atoms with Gasteiger partial charge in [0.15, 0.2) is 0 Å². The summed E-state index contributed by atoms with van der Waals surface area (Å²) in [6.45, 7) is 5.61. The predicted molar refractivity (Wildman–Crippen MR) is 105 cm³/mol. The first-order valence-electron chi connectivity index (χ1n) is 9.28. The van der Waals surface area contributed by atoms with E-state index in [9.17, 15) is 22.8 Å². The topological polar surface area (TPSA) is 49.4 Å². The highest BCUT2D eigenvalue weighted by Crippen LogP contribution is 2.29. The van der Waals surface area contributed by atoms with Crippen LogP contribution in [0.25, 0.3) is 0 Å². The van der Waals surface area contributed by atoms with Gasteiger partial charge in [0, 0.05) is 19.2 Å². The van der Waals surface area contributed by atoms with E-state index < -0.39 is 17.8 Å². The van der Waals surface area contributed by atoms with Crippen LogP contribution in [0.4, 0.5) is 13.2 Å². The van der Waals surface area contributed by atoms with Crippen molar-refractivity contribution in [1.29, 1.82) is 0 Å². The summed E-state index contributed by atoms with van der Waals surface area (Å²) in [6.07, 6.45) is -4.40. The molecule has 2 aromatic rings. The lowest BCUT2D eigenvalue weighted by Gasteiger charge is -2.27. The first kappa shape index (κ1) is 22.5. The van der Waals surface area contributed by atoms with Crippen molar-refractivity contribution < 1.29 is 22.8 Å². The van der Waals surface area contributed by atoms with E-state index in [-0.39, 0.29) is 24.3 Å². The van der Waals surface area contributed by atoms with Crippen LogP contribution in [0.5, 0.6) is 0 Å². The summed E-state index contributed by atoms with van der Waals surface area (Å²) in [6, 6.07) is 11.0. The molecular formula is C22H25F3N2O2. The van der Waals surface area contributed by atoms with Crippen LogP contribution in [0.2, 0.25) is 0 Å². The van der Waals surface area contributed by atoms with Crippen molar-refractivity contribution in [3.8, 4) is 0 Å². The van der Waals surface area contributed by atoms with Crippen molar-refractivity contribution in [2.75, 3.05) is 7.05 Å². The quantitative estimate of drug-likeness (QED) is 0.772. The minimum atomic E-state index is -4.40. The van der Waals surface area contributed by atoms with E-state index in [1.807, 2.05) is 32.9 Å². The summed E-state index contributed by atoms with van der Waals surface area (Å²) >= 11 is 0. The van der Waals surface area contributed by atoms with Crippen molar-refractivity contribution in [1.82, 2.24) is 10.2 Å². The Kier molecular flexibility index (Phi) is 7.06. The second kappa shape index (κ2) is 9.11. The summed E-state index contributed by atoms with van der Waals surface area (Å²) in [5, 5.41) is 2.79. The average molecular weight is 406 g/mol. The zero-order chi connectivity index (χ0) is 21.8. The Morgan fingerprint density at radius 1 is 1.03 bits per heavy atom. The van der Waals surface area contributed by atoms with E-state index in [1.165, 1.54) is 17.0 Å². The second-order valence-corrected chi connectivity index (χ2v) is 7.40. The third-order valence-electron chi connectivity index (χ3n) is 4.69. The maximum absolute atomic E-state index is 12.9. The number of benzene rings is 2. The van der Waals surface area contributed by atoms with Crippen molar-refractivity contribution in [3.05, 3.63) is 70.8 Å². The van der Waals surface area contributed by atoms with Crippen molar-refractivity contribution in [3.63, 3.8) is 0 Å². The lowest BCUT2D eigenvalue weighted by molar-refractivity contribution is -0.137. The Hall–Kier alpha value is -2.83. The summed E-state index contributed by atoms with van der Waals surface area (Å²) < 4.78 is 38.1. The molecular weight excluding hydrogens is 381 g/mol. The SMILES string of the molecule is Cc1ccccc1C(=O)NC(C(=O)N(C)Cc1ccc(C(F)(F)F)cc1)C(C)C. The molecule has 0 heterocycles. The standard InChI is InChI=1S/C22H25F3N2O2/c1-14(2)19(26-20(28)18-8-6-5-7-15(18)3)21(29)27(4)13-16-9-11-17(12-10-16)22(23,24)25/h5-12,14,19H,13H2,1-4H3,(H,26,28). The van der Waals surface area contributed by atoms with E-state index in [0.717, 1.165) is 17.7 Å². The number of hydrogen-bond acceptors (Lipinski definition) is 2. The lowest BCUT2D eigenvalue weighted by atomic mass is 10.0. The minimum Gasteiger partial charge on any atom is -0.340 e. The maximum atomic E-state index is 12.9. The van der Waals surface area contributed by atoms with Gasteiger partial charge >= 0.3 is 6.18 Å². The average Bonchev–Trinajstić information content (AvgIpc) is 2.65.